The quantitative estimate of drug-likeness (QED) is 0.0645. The number of rotatable bonds is 32. The lowest BCUT2D eigenvalue weighted by atomic mass is 9.58. The van der Waals surface area contributed by atoms with E-state index in [1.807, 2.05) is 0 Å². The van der Waals surface area contributed by atoms with Gasteiger partial charge in [0.05, 0.1) is 0 Å². The van der Waals surface area contributed by atoms with Crippen LogP contribution in [0.15, 0.2) is 0 Å². The number of carbonyl (C=O) groups excluding carboxylic acids is 4. The highest BCUT2D eigenvalue weighted by atomic mass is 16.1. The van der Waals surface area contributed by atoms with E-state index in [0.717, 1.165) is 5.78 Å². The van der Waals surface area contributed by atoms with Crippen molar-refractivity contribution in [3.05, 3.63) is 0 Å². The van der Waals surface area contributed by atoms with Crippen molar-refractivity contribution in [2.45, 2.75) is 276 Å². The Kier molecular flexibility index (Phi) is 46.8. The Balaban J connectivity index is -0.000000825. The van der Waals surface area contributed by atoms with Crippen LogP contribution in [-0.4, -0.2) is 23.1 Å². The van der Waals surface area contributed by atoms with Gasteiger partial charge in [-0.1, -0.05) is 196 Å². The average Bonchev–Trinajstić information content (AvgIpc) is 3.07. The summed E-state index contributed by atoms with van der Waals surface area (Å²) in [5.41, 5.74) is -0.120. The van der Waals surface area contributed by atoms with E-state index in [9.17, 15) is 14.4 Å². The molecule has 0 radical (unpaired) electrons. The molecule has 0 unspecified atom stereocenters. The van der Waals surface area contributed by atoms with Crippen LogP contribution in [0.1, 0.15) is 276 Å². The molecule has 0 heterocycles. The fourth-order valence-corrected chi connectivity index (χ4v) is 7.33. The molecule has 0 bridgehead atoms. The van der Waals surface area contributed by atoms with Crippen LogP contribution >= 0.6 is 0 Å². The zero-order chi connectivity index (χ0) is 40.5. The van der Waals surface area contributed by atoms with Crippen molar-refractivity contribution in [3.63, 3.8) is 0 Å². The maximum absolute atomic E-state index is 15.5. The van der Waals surface area contributed by atoms with Crippen LogP contribution in [0.4, 0.5) is 0 Å². The highest BCUT2D eigenvalue weighted by Gasteiger charge is 2.47. The molecule has 0 spiro atoms. The normalized spacial score (nSPS) is 11.0. The molecule has 312 valence electrons. The summed E-state index contributed by atoms with van der Waals surface area (Å²) < 4.78 is 0. The highest BCUT2D eigenvalue weighted by Crippen LogP contribution is 2.49. The highest BCUT2D eigenvalue weighted by molar-refractivity contribution is 5.90. The van der Waals surface area contributed by atoms with Gasteiger partial charge in [0.25, 0.3) is 0 Å². The monoisotopic (exact) mass is 737 g/mol. The molecule has 0 aromatic heterocycles. The summed E-state index contributed by atoms with van der Waals surface area (Å²) in [7, 11) is 0. The number of carbonyl (C=O) groups is 4. The number of Topliss-reactive ketones (excluding diaryl/α,β-unsaturated/α-hetero) is 4. The minimum atomic E-state index is -0.0600. The molecule has 52 heavy (non-hydrogen) atoms. The summed E-state index contributed by atoms with van der Waals surface area (Å²) in [6.07, 6.45) is 38.1. The van der Waals surface area contributed by atoms with E-state index in [-0.39, 0.29) is 28.2 Å². The van der Waals surface area contributed by atoms with Crippen molar-refractivity contribution >= 4 is 23.1 Å². The van der Waals surface area contributed by atoms with E-state index >= 15 is 4.79 Å². The van der Waals surface area contributed by atoms with Gasteiger partial charge in [0.1, 0.15) is 23.1 Å². The summed E-state index contributed by atoms with van der Waals surface area (Å²) in [5.74, 6) is 1.27. The molecular weight excluding hydrogens is 641 g/mol. The Bertz CT molecular complexity index is 649. The third-order valence-corrected chi connectivity index (χ3v) is 10.0. The second-order valence-electron chi connectivity index (χ2n) is 16.5. The molecule has 0 atom stereocenters. The molecule has 0 N–H and O–H groups in total. The number of unbranched alkanes of at least 4 members (excludes halogenated alkanes) is 18. The van der Waals surface area contributed by atoms with Crippen LogP contribution in [0.2, 0.25) is 0 Å². The van der Waals surface area contributed by atoms with Gasteiger partial charge in [-0.25, -0.2) is 0 Å². The summed E-state index contributed by atoms with van der Waals surface area (Å²) in [6, 6.07) is 0. The third kappa shape index (κ3) is 39.9. The fourth-order valence-electron chi connectivity index (χ4n) is 7.33. The predicted octanol–water partition coefficient (Wildman–Crippen LogP) is 16.1. The smallest absolute Gasteiger partial charge is 0.145 e. The summed E-state index contributed by atoms with van der Waals surface area (Å²) in [5, 5.41) is 0. The van der Waals surface area contributed by atoms with E-state index in [1.165, 1.54) is 234 Å². The van der Waals surface area contributed by atoms with E-state index < -0.39 is 0 Å². The van der Waals surface area contributed by atoms with E-state index in [0.29, 0.717) is 0 Å². The second-order valence-corrected chi connectivity index (χ2v) is 16.5. The predicted molar refractivity (Wildman–Crippen MR) is 231 cm³/mol. The minimum absolute atomic E-state index is 0.0600. The van der Waals surface area contributed by atoms with Crippen molar-refractivity contribution in [1.82, 2.24) is 0 Å². The average molecular weight is 737 g/mol. The van der Waals surface area contributed by atoms with Crippen LogP contribution in [0.25, 0.3) is 0 Å². The molecule has 0 amide bonds. The van der Waals surface area contributed by atoms with Crippen molar-refractivity contribution in [2.75, 3.05) is 0 Å². The van der Waals surface area contributed by atoms with Gasteiger partial charge in [-0.05, 0) is 80.1 Å². The van der Waals surface area contributed by atoms with Gasteiger partial charge in [0.2, 0.25) is 0 Å². The van der Waals surface area contributed by atoms with Gasteiger partial charge in [0, 0.05) is 10.8 Å². The standard InChI is InChI=1S/C39H78O.3C3H6O/c1-7-13-19-25-31-38(32-26-20-14-8-2,33-27-21-15-9-3)37(40)39(34-28-22-16-10-4,35-29-23-17-11-5)36-30-24-18-12-6;3*1-3(2)4/h7-36H2,1-6H3;3*1-2H3. The Labute approximate surface area is 328 Å². The van der Waals surface area contributed by atoms with Gasteiger partial charge in [-0.15, -0.1) is 0 Å². The summed E-state index contributed by atoms with van der Waals surface area (Å²) in [4.78, 5) is 43.8. The molecule has 0 aliphatic heterocycles. The Morgan fingerprint density at radius 1 is 0.269 bits per heavy atom. The lowest BCUT2D eigenvalue weighted by Gasteiger charge is -2.44. The van der Waals surface area contributed by atoms with Crippen molar-refractivity contribution in [1.29, 1.82) is 0 Å². The SMILES string of the molecule is CC(C)=O.CC(C)=O.CC(C)=O.CCCCCCC(CCCCCC)(CCCCCC)C(=O)C(CCCCCC)(CCCCCC)CCCCCC. The molecule has 0 saturated heterocycles. The van der Waals surface area contributed by atoms with Crippen LogP contribution < -0.4 is 0 Å². The van der Waals surface area contributed by atoms with E-state index in [4.69, 9.17) is 0 Å². The fraction of sp³-hybridized carbons (Fsp3) is 0.917. The number of hydrogen-bond acceptors (Lipinski definition) is 4. The van der Waals surface area contributed by atoms with E-state index in [1.54, 1.807) is 0 Å². The molecule has 0 aliphatic carbocycles. The van der Waals surface area contributed by atoms with Crippen molar-refractivity contribution in [2.24, 2.45) is 10.8 Å². The molecule has 0 saturated carbocycles. The molecule has 0 aromatic carbocycles. The van der Waals surface area contributed by atoms with Gasteiger partial charge >= 0.3 is 0 Å². The molecule has 0 rings (SSSR count). The van der Waals surface area contributed by atoms with Crippen molar-refractivity contribution in [3.8, 4) is 0 Å². The molecule has 4 nitrogen and oxygen atoms in total. The lowest BCUT2D eigenvalue weighted by Crippen LogP contribution is -2.44. The molecular formula is C48H96O4. The topological polar surface area (TPSA) is 68.3 Å². The Morgan fingerprint density at radius 3 is 0.519 bits per heavy atom. The van der Waals surface area contributed by atoms with Gasteiger partial charge < -0.3 is 14.4 Å². The number of ketones is 4. The molecule has 0 aliphatic rings. The number of hydrogen-bond donors (Lipinski definition) is 0. The first kappa shape index (κ1) is 57.4. The Hall–Kier alpha value is -1.32. The largest absolute Gasteiger partial charge is 0.300 e. The molecule has 0 fully saturated rings. The Morgan fingerprint density at radius 2 is 0.404 bits per heavy atom. The van der Waals surface area contributed by atoms with Gasteiger partial charge in [-0.2, -0.15) is 0 Å². The summed E-state index contributed by atoms with van der Waals surface area (Å²) in [6.45, 7) is 23.1. The third-order valence-electron chi connectivity index (χ3n) is 10.0. The van der Waals surface area contributed by atoms with Crippen LogP contribution in [-0.2, 0) is 19.2 Å². The maximum atomic E-state index is 15.5. The zero-order valence-corrected chi connectivity index (χ0v) is 37.8. The molecule has 0 aromatic rings. The van der Waals surface area contributed by atoms with Crippen molar-refractivity contribution < 1.29 is 19.2 Å². The summed E-state index contributed by atoms with van der Waals surface area (Å²) >= 11 is 0. The van der Waals surface area contributed by atoms with E-state index in [2.05, 4.69) is 41.5 Å². The maximum Gasteiger partial charge on any atom is 0.145 e. The van der Waals surface area contributed by atoms with Crippen LogP contribution in [0.5, 0.6) is 0 Å². The zero-order valence-electron chi connectivity index (χ0n) is 37.8. The second kappa shape index (κ2) is 42.4. The van der Waals surface area contributed by atoms with Crippen LogP contribution in [0.3, 0.4) is 0 Å². The van der Waals surface area contributed by atoms with Gasteiger partial charge in [0.15, 0.2) is 0 Å². The lowest BCUT2D eigenvalue weighted by molar-refractivity contribution is -0.143. The molecule has 4 heteroatoms. The first-order valence-electron chi connectivity index (χ1n) is 22.7. The van der Waals surface area contributed by atoms with Crippen LogP contribution in [0, 0.1) is 10.8 Å². The first-order valence-corrected chi connectivity index (χ1v) is 22.7. The first-order chi connectivity index (χ1) is 24.7. The van der Waals surface area contributed by atoms with Gasteiger partial charge in [-0.3, -0.25) is 4.79 Å². The minimum Gasteiger partial charge on any atom is -0.300 e.